The molecule has 1 fully saturated rings. The van der Waals surface area contributed by atoms with Crippen LogP contribution in [0.5, 0.6) is 0 Å². The molecule has 1 aliphatic rings. The molecule has 0 aromatic rings. The lowest BCUT2D eigenvalue weighted by atomic mass is 9.97. The van der Waals surface area contributed by atoms with Crippen LogP contribution in [0.25, 0.3) is 0 Å². The molecule has 4 nitrogen and oxygen atoms in total. The summed E-state index contributed by atoms with van der Waals surface area (Å²) in [5, 5.41) is 1.62. The molecule has 0 spiro atoms. The number of carbonyl (C=O) groups is 2. The maximum Gasteiger partial charge on any atom is 0.330 e. The van der Waals surface area contributed by atoms with Gasteiger partial charge in [-0.3, -0.25) is 4.79 Å². The van der Waals surface area contributed by atoms with E-state index in [1.54, 1.807) is 5.06 Å². The Morgan fingerprint density at radius 2 is 2.07 bits per heavy atom. The maximum atomic E-state index is 11.6. The minimum Gasteiger partial charge on any atom is -0.367 e. The van der Waals surface area contributed by atoms with Crippen molar-refractivity contribution in [1.82, 2.24) is 5.06 Å². The van der Waals surface area contributed by atoms with Crippen LogP contribution in [-0.2, 0) is 14.4 Å². The highest BCUT2D eigenvalue weighted by atomic mass is 16.7. The topological polar surface area (TPSA) is 46.6 Å². The molecule has 0 unspecified atom stereocenters. The Labute approximate surface area is 90.5 Å². The summed E-state index contributed by atoms with van der Waals surface area (Å²) in [6.45, 7) is 7.86. The summed E-state index contributed by atoms with van der Waals surface area (Å²) in [6.07, 6.45) is 0.944. The molecule has 0 aromatic carbocycles. The van der Waals surface area contributed by atoms with Crippen molar-refractivity contribution in [2.45, 2.75) is 46.6 Å². The van der Waals surface area contributed by atoms with Crippen molar-refractivity contribution in [3.8, 4) is 0 Å². The van der Waals surface area contributed by atoms with Crippen LogP contribution >= 0.6 is 0 Å². The first-order valence-electron chi connectivity index (χ1n) is 5.31. The van der Waals surface area contributed by atoms with Crippen molar-refractivity contribution < 1.29 is 14.4 Å². The van der Waals surface area contributed by atoms with Crippen molar-refractivity contribution in [3.05, 3.63) is 0 Å². The van der Waals surface area contributed by atoms with Gasteiger partial charge in [-0.15, -0.1) is 5.06 Å². The van der Waals surface area contributed by atoms with Gasteiger partial charge in [-0.05, 0) is 27.7 Å². The molecule has 1 heterocycles. The van der Waals surface area contributed by atoms with Crippen LogP contribution in [0.4, 0.5) is 0 Å². The van der Waals surface area contributed by atoms with Gasteiger partial charge in [0, 0.05) is 19.4 Å². The third kappa shape index (κ3) is 3.30. The van der Waals surface area contributed by atoms with Gasteiger partial charge in [0.05, 0.1) is 11.5 Å². The molecule has 1 atom stereocenters. The Bertz CT molecular complexity index is 267. The highest BCUT2D eigenvalue weighted by molar-refractivity contribution is 5.80. The van der Waals surface area contributed by atoms with Crippen molar-refractivity contribution in [2.24, 2.45) is 5.41 Å². The summed E-state index contributed by atoms with van der Waals surface area (Å²) in [4.78, 5) is 28.0. The smallest absolute Gasteiger partial charge is 0.330 e. The lowest BCUT2D eigenvalue weighted by Crippen LogP contribution is -2.44. The first-order valence-corrected chi connectivity index (χ1v) is 5.31. The lowest BCUT2D eigenvalue weighted by Gasteiger charge is -2.32. The number of hydrogen-bond acceptors (Lipinski definition) is 4. The zero-order valence-electron chi connectivity index (χ0n) is 9.87. The summed E-state index contributed by atoms with van der Waals surface area (Å²) in [7, 11) is 0. The van der Waals surface area contributed by atoms with Gasteiger partial charge < -0.3 is 4.84 Å². The normalized spacial score (nSPS) is 24.0. The molecule has 0 amide bonds. The van der Waals surface area contributed by atoms with Crippen molar-refractivity contribution in [1.29, 1.82) is 0 Å². The third-order valence-electron chi connectivity index (χ3n) is 2.44. The van der Waals surface area contributed by atoms with E-state index in [1.165, 1.54) is 0 Å². The van der Waals surface area contributed by atoms with Crippen molar-refractivity contribution in [3.63, 3.8) is 0 Å². The van der Waals surface area contributed by atoms with Gasteiger partial charge in [0.2, 0.25) is 0 Å². The Balaban J connectivity index is 2.52. The van der Waals surface area contributed by atoms with E-state index in [0.717, 1.165) is 0 Å². The van der Waals surface area contributed by atoms with E-state index in [1.807, 2.05) is 27.7 Å². The molecule has 1 rings (SSSR count). The standard InChI is InChI=1S/C11H19NO3/c1-8-7-9(13)5-6-12(8)15-10(14)11(2,3)4/h8H,5-7H2,1-4H3/t8-/m0/s1. The molecule has 0 radical (unpaired) electrons. The van der Waals surface area contributed by atoms with E-state index in [0.29, 0.717) is 19.4 Å². The summed E-state index contributed by atoms with van der Waals surface area (Å²) < 4.78 is 0. The Morgan fingerprint density at radius 1 is 1.47 bits per heavy atom. The number of rotatable bonds is 1. The number of nitrogens with zero attached hydrogens (tertiary/aromatic N) is 1. The largest absolute Gasteiger partial charge is 0.367 e. The van der Waals surface area contributed by atoms with Crippen LogP contribution in [0, 0.1) is 5.41 Å². The fourth-order valence-electron chi connectivity index (χ4n) is 1.37. The molecule has 0 aliphatic carbocycles. The van der Waals surface area contributed by atoms with Crippen molar-refractivity contribution >= 4 is 11.8 Å². The van der Waals surface area contributed by atoms with Gasteiger partial charge in [0.1, 0.15) is 5.78 Å². The van der Waals surface area contributed by atoms with E-state index in [-0.39, 0.29) is 17.8 Å². The van der Waals surface area contributed by atoms with E-state index >= 15 is 0 Å². The minimum absolute atomic E-state index is 0.00227. The van der Waals surface area contributed by atoms with Crippen LogP contribution in [-0.4, -0.2) is 29.4 Å². The first-order chi connectivity index (χ1) is 6.80. The number of carbonyl (C=O) groups excluding carboxylic acids is 2. The van der Waals surface area contributed by atoms with Crippen LogP contribution in [0.2, 0.25) is 0 Å². The number of hydrogen-bond donors (Lipinski definition) is 0. The predicted octanol–water partition coefficient (Wildman–Crippen LogP) is 1.54. The predicted molar refractivity (Wildman–Crippen MR) is 56.0 cm³/mol. The Morgan fingerprint density at radius 3 is 2.53 bits per heavy atom. The fourth-order valence-corrected chi connectivity index (χ4v) is 1.37. The minimum atomic E-state index is -0.499. The van der Waals surface area contributed by atoms with Gasteiger partial charge in [-0.2, -0.15) is 0 Å². The lowest BCUT2D eigenvalue weighted by molar-refractivity contribution is -0.214. The molecular weight excluding hydrogens is 194 g/mol. The molecule has 0 saturated carbocycles. The molecule has 1 saturated heterocycles. The van der Waals surface area contributed by atoms with Crippen molar-refractivity contribution in [2.75, 3.05) is 6.54 Å². The van der Waals surface area contributed by atoms with E-state index < -0.39 is 5.41 Å². The highest BCUT2D eigenvalue weighted by Crippen LogP contribution is 2.20. The van der Waals surface area contributed by atoms with Crippen LogP contribution < -0.4 is 0 Å². The second kappa shape index (κ2) is 4.31. The van der Waals surface area contributed by atoms with Gasteiger partial charge in [0.15, 0.2) is 0 Å². The van der Waals surface area contributed by atoms with E-state index in [4.69, 9.17) is 4.84 Å². The first kappa shape index (κ1) is 12.2. The van der Waals surface area contributed by atoms with Crippen LogP contribution in [0.3, 0.4) is 0 Å². The number of Topliss-reactive ketones (excluding diaryl/α,β-unsaturated/α-hetero) is 1. The SMILES string of the molecule is C[C@H]1CC(=O)CCN1OC(=O)C(C)(C)C. The highest BCUT2D eigenvalue weighted by Gasteiger charge is 2.31. The quantitative estimate of drug-likeness (QED) is 0.663. The number of ketones is 1. The zero-order valence-corrected chi connectivity index (χ0v) is 9.87. The summed E-state index contributed by atoms with van der Waals surface area (Å²) in [5.74, 6) is -0.00532. The van der Waals surface area contributed by atoms with E-state index in [2.05, 4.69) is 0 Å². The van der Waals surface area contributed by atoms with E-state index in [9.17, 15) is 9.59 Å². The Hall–Kier alpha value is -0.900. The number of hydroxylamine groups is 2. The van der Waals surface area contributed by atoms with Gasteiger partial charge in [-0.1, -0.05) is 0 Å². The average Bonchev–Trinajstić information content (AvgIpc) is 2.08. The van der Waals surface area contributed by atoms with Crippen LogP contribution in [0.1, 0.15) is 40.5 Å². The zero-order chi connectivity index (χ0) is 11.6. The molecular formula is C11H19NO3. The second-order valence-corrected chi connectivity index (χ2v) is 5.11. The molecule has 4 heteroatoms. The molecule has 15 heavy (non-hydrogen) atoms. The number of piperidine rings is 1. The Kier molecular flexibility index (Phi) is 3.50. The fraction of sp³-hybridized carbons (Fsp3) is 0.818. The average molecular weight is 213 g/mol. The molecule has 0 N–H and O–H groups in total. The summed E-state index contributed by atoms with van der Waals surface area (Å²) in [5.41, 5.74) is -0.499. The van der Waals surface area contributed by atoms with Crippen LogP contribution in [0.15, 0.2) is 0 Å². The summed E-state index contributed by atoms with van der Waals surface area (Å²) in [6, 6.07) is -0.00227. The summed E-state index contributed by atoms with van der Waals surface area (Å²) >= 11 is 0. The maximum absolute atomic E-state index is 11.6. The third-order valence-corrected chi connectivity index (χ3v) is 2.44. The molecule has 1 aliphatic heterocycles. The molecule has 0 aromatic heterocycles. The van der Waals surface area contributed by atoms with Gasteiger partial charge >= 0.3 is 5.97 Å². The van der Waals surface area contributed by atoms with Gasteiger partial charge in [-0.25, -0.2) is 4.79 Å². The second-order valence-electron chi connectivity index (χ2n) is 5.11. The monoisotopic (exact) mass is 213 g/mol. The molecule has 86 valence electrons. The van der Waals surface area contributed by atoms with Gasteiger partial charge in [0.25, 0.3) is 0 Å². The molecule has 0 bridgehead atoms.